The van der Waals surface area contributed by atoms with Crippen LogP contribution < -0.4 is 26.9 Å². The zero-order chi connectivity index (χ0) is 13.1. The van der Waals surface area contributed by atoms with Crippen molar-refractivity contribution in [3.63, 3.8) is 0 Å². The zero-order valence-electron chi connectivity index (χ0n) is 11.6. The first-order chi connectivity index (χ1) is 7.90. The van der Waals surface area contributed by atoms with Crippen LogP contribution in [0.2, 0.25) is 0 Å². The van der Waals surface area contributed by atoms with Crippen LogP contribution in [0.15, 0.2) is 18.2 Å². The van der Waals surface area contributed by atoms with E-state index in [2.05, 4.69) is 32.4 Å². The summed E-state index contributed by atoms with van der Waals surface area (Å²) in [5.74, 6) is 0.613. The van der Waals surface area contributed by atoms with Crippen molar-refractivity contribution in [1.29, 1.82) is 0 Å². The first kappa shape index (κ1) is 16.7. The minimum absolute atomic E-state index is 0. The van der Waals surface area contributed by atoms with Crippen LogP contribution in [0, 0.1) is 6.92 Å². The largest absolute Gasteiger partial charge is 1.00 e. The highest BCUT2D eigenvalue weighted by molar-refractivity contribution is 5.71. The molecule has 102 valence electrons. The van der Waals surface area contributed by atoms with Gasteiger partial charge in [-0.15, -0.1) is 0 Å². The molecule has 0 aromatic heterocycles. The summed E-state index contributed by atoms with van der Waals surface area (Å²) < 4.78 is 5.97. The number of aryl methyl sites for hydroxylation is 1. The van der Waals surface area contributed by atoms with Gasteiger partial charge in [0.15, 0.2) is 0 Å². The molecule has 1 amide bonds. The minimum Gasteiger partial charge on any atom is -1.00 e. The molecule has 1 N–H and O–H groups in total. The number of hydrogen-bond donors (Lipinski definition) is 1. The van der Waals surface area contributed by atoms with E-state index in [4.69, 9.17) is 4.74 Å². The third kappa shape index (κ3) is 3.89. The molecule has 0 aliphatic carbocycles. The van der Waals surface area contributed by atoms with Gasteiger partial charge in [-0.2, -0.15) is 0 Å². The smallest absolute Gasteiger partial charge is 0.412 e. The van der Waals surface area contributed by atoms with Crippen LogP contribution in [0.5, 0.6) is 5.75 Å². The number of quaternary nitrogens is 1. The lowest BCUT2D eigenvalue weighted by atomic mass is 10.2. The van der Waals surface area contributed by atoms with Crippen molar-refractivity contribution in [2.24, 2.45) is 0 Å². The molecule has 1 aromatic rings. The Balaban J connectivity index is 0.00000289. The molecule has 4 nitrogen and oxygen atoms in total. The molecule has 0 atom stereocenters. The summed E-state index contributed by atoms with van der Waals surface area (Å²) in [6.45, 7) is 5.02. The summed E-state index contributed by atoms with van der Waals surface area (Å²) in [5, 5.41) is 2.45. The summed E-state index contributed by atoms with van der Waals surface area (Å²) in [6, 6.07) is 5.97. The normalized spacial score (nSPS) is 10.5. The van der Waals surface area contributed by atoms with Crippen LogP contribution in [0.3, 0.4) is 0 Å². The highest BCUT2D eigenvalue weighted by Crippen LogP contribution is 2.27. The van der Waals surface area contributed by atoms with Crippen LogP contribution in [0.25, 0.3) is 0 Å². The molecule has 0 bridgehead atoms. The van der Waals surface area contributed by atoms with Crippen LogP contribution in [0.4, 0.5) is 10.5 Å². The summed E-state index contributed by atoms with van der Waals surface area (Å²) in [6.07, 6.45) is -0.438. The molecule has 0 unspecified atom stereocenters. The van der Waals surface area contributed by atoms with Crippen molar-refractivity contribution in [1.82, 2.24) is 9.80 Å². The van der Waals surface area contributed by atoms with Gasteiger partial charge in [-0.25, -0.2) is 4.79 Å². The quantitative estimate of drug-likeness (QED) is 0.740. The van der Waals surface area contributed by atoms with Crippen molar-refractivity contribution >= 4 is 11.8 Å². The van der Waals surface area contributed by atoms with Crippen LogP contribution >= 0.6 is 0 Å². The Hall–Kier alpha value is -1.26. The fourth-order valence-corrected chi connectivity index (χ4v) is 1.41. The zero-order valence-corrected chi connectivity index (χ0v) is 12.3. The number of nitrogens with one attached hydrogen (secondary N) is 1. The lowest BCUT2D eigenvalue weighted by molar-refractivity contribution is -0.00000867. The van der Waals surface area contributed by atoms with E-state index in [0.29, 0.717) is 5.75 Å². The molecule has 1 aromatic carbocycles. The highest BCUT2D eigenvalue weighted by atomic mass is 35.5. The molecule has 18 heavy (non-hydrogen) atoms. The number of benzene rings is 1. The Morgan fingerprint density at radius 1 is 1.39 bits per heavy atom. The molecule has 0 heterocycles. The highest BCUT2D eigenvalue weighted by Gasteiger charge is 2.18. The van der Waals surface area contributed by atoms with Crippen molar-refractivity contribution in [2.45, 2.75) is 13.8 Å². The molecule has 0 saturated heterocycles. The number of nitrogens with zero attached hydrogens (tertiary/aromatic N) is 1. The number of rotatable bonds is 3. The maximum Gasteiger partial charge on any atom is 0.412 e. The second-order valence-electron chi connectivity index (χ2n) is 4.59. The van der Waals surface area contributed by atoms with Gasteiger partial charge in [-0.3, -0.25) is 4.48 Å². The van der Waals surface area contributed by atoms with Gasteiger partial charge < -0.3 is 22.5 Å². The van der Waals surface area contributed by atoms with Crippen LogP contribution in [-0.4, -0.2) is 33.8 Å². The summed E-state index contributed by atoms with van der Waals surface area (Å²) in [4.78, 5) is 11.2. The van der Waals surface area contributed by atoms with Gasteiger partial charge in [-0.1, -0.05) is 0 Å². The van der Waals surface area contributed by atoms with E-state index >= 15 is 0 Å². The average molecular weight is 273 g/mol. The molecule has 0 aliphatic heterocycles. The minimum atomic E-state index is -0.438. The van der Waals surface area contributed by atoms with Crippen molar-refractivity contribution in [3.8, 4) is 5.75 Å². The lowest BCUT2D eigenvalue weighted by Gasteiger charge is -2.28. The van der Waals surface area contributed by atoms with E-state index in [1.54, 1.807) is 7.05 Å². The van der Waals surface area contributed by atoms with E-state index < -0.39 is 6.09 Å². The number of carbonyl (C=O) groups excluding carboxylic acids is 1. The van der Waals surface area contributed by atoms with E-state index in [0.717, 1.165) is 22.3 Å². The molecule has 1 rings (SSSR count). The molecular weight excluding hydrogens is 252 g/mol. The van der Waals surface area contributed by atoms with Gasteiger partial charge >= 0.3 is 6.09 Å². The Morgan fingerprint density at radius 2 is 2.00 bits per heavy atom. The molecule has 0 fully saturated rings. The van der Waals surface area contributed by atoms with Gasteiger partial charge in [0.05, 0.1) is 20.6 Å². The van der Waals surface area contributed by atoms with Crippen LogP contribution in [0.1, 0.15) is 12.5 Å². The molecule has 0 radical (unpaired) electrons. The fraction of sp³-hybridized carbons (Fsp3) is 0.462. The second kappa shape index (κ2) is 6.61. The van der Waals surface area contributed by atoms with Crippen LogP contribution in [-0.2, 0) is 0 Å². The Bertz CT molecular complexity index is 419. The molecule has 0 aliphatic rings. The molecule has 0 spiro atoms. The van der Waals surface area contributed by atoms with Gasteiger partial charge in [0.1, 0.15) is 11.4 Å². The monoisotopic (exact) mass is 272 g/mol. The van der Waals surface area contributed by atoms with Gasteiger partial charge in [0.2, 0.25) is 0 Å². The number of carbonyl (C=O) groups is 1. The van der Waals surface area contributed by atoms with Gasteiger partial charge in [0, 0.05) is 13.1 Å². The number of halogens is 1. The first-order valence-corrected chi connectivity index (χ1v) is 5.74. The van der Waals surface area contributed by atoms with E-state index in [-0.39, 0.29) is 12.4 Å². The van der Waals surface area contributed by atoms with E-state index in [1.807, 2.05) is 19.1 Å². The van der Waals surface area contributed by atoms with Crippen molar-refractivity contribution in [2.75, 3.05) is 27.7 Å². The van der Waals surface area contributed by atoms with E-state index in [1.165, 1.54) is 0 Å². The van der Waals surface area contributed by atoms with E-state index in [9.17, 15) is 4.79 Å². The standard InChI is InChI=1S/C13H20N2O2.ClH/c1-6-15(4,5)11-8-7-10(2)12(9-11)17-13(16)14-3;/h7-9H,6H2,1-5H3;1H. The predicted octanol–water partition coefficient (Wildman–Crippen LogP) is -0.696. The SMILES string of the molecule is CC[N+](C)(C)c1ccc(C)c(OC(=O)NC)c1.[Cl-]. The summed E-state index contributed by atoms with van der Waals surface area (Å²) >= 11 is 0. The fourth-order valence-electron chi connectivity index (χ4n) is 1.41. The molecular formula is C13H21ClN2O2. The molecule has 5 heteroatoms. The maximum atomic E-state index is 11.2. The topological polar surface area (TPSA) is 38.3 Å². The lowest BCUT2D eigenvalue weighted by Crippen LogP contribution is -3.00. The Labute approximate surface area is 115 Å². The maximum absolute atomic E-state index is 11.2. The van der Waals surface area contributed by atoms with Gasteiger partial charge in [0.25, 0.3) is 0 Å². The molecule has 0 saturated carbocycles. The predicted molar refractivity (Wildman–Crippen MR) is 70.4 cm³/mol. The third-order valence-electron chi connectivity index (χ3n) is 3.07. The van der Waals surface area contributed by atoms with Gasteiger partial charge in [-0.05, 0) is 31.5 Å². The number of hydrogen-bond acceptors (Lipinski definition) is 2. The number of amides is 1. The second-order valence-corrected chi connectivity index (χ2v) is 4.59. The third-order valence-corrected chi connectivity index (χ3v) is 3.07. The average Bonchev–Trinajstić information content (AvgIpc) is 2.31. The van der Waals surface area contributed by atoms with Crippen molar-refractivity contribution < 1.29 is 21.9 Å². The summed E-state index contributed by atoms with van der Waals surface area (Å²) in [7, 11) is 5.79. The summed E-state index contributed by atoms with van der Waals surface area (Å²) in [5.41, 5.74) is 2.07. The van der Waals surface area contributed by atoms with Crippen molar-refractivity contribution in [3.05, 3.63) is 23.8 Å². The Morgan fingerprint density at radius 3 is 2.50 bits per heavy atom. The Kier molecular flexibility index (Phi) is 6.15. The first-order valence-electron chi connectivity index (χ1n) is 5.74. The number of ether oxygens (including phenoxy) is 1.